The Hall–Kier alpha value is -2.67. The number of esters is 1. The minimum absolute atomic E-state index is 0.0433. The second kappa shape index (κ2) is 9.53. The van der Waals surface area contributed by atoms with Crippen LogP contribution in [0, 0.1) is 17.8 Å². The zero-order chi connectivity index (χ0) is 24.5. The fraction of sp³-hybridized carbons (Fsp3) is 0.593. The molecule has 2 bridgehead atoms. The first-order valence-corrected chi connectivity index (χ1v) is 12.3. The van der Waals surface area contributed by atoms with E-state index in [9.17, 15) is 9.90 Å². The Kier molecular flexibility index (Phi) is 6.85. The molecule has 1 aromatic heterocycles. The molecule has 2 aliphatic carbocycles. The van der Waals surface area contributed by atoms with Gasteiger partial charge in [0, 0.05) is 23.5 Å². The molecular formula is C27H38N4O3. The van der Waals surface area contributed by atoms with Crippen LogP contribution in [-0.2, 0) is 4.74 Å². The molecule has 2 aromatic rings. The fourth-order valence-corrected chi connectivity index (χ4v) is 5.94. The smallest absolute Gasteiger partial charge is 0.338 e. The lowest BCUT2D eigenvalue weighted by atomic mass is 9.62. The van der Waals surface area contributed by atoms with Gasteiger partial charge in [-0.1, -0.05) is 6.92 Å². The molecule has 0 aliphatic heterocycles. The maximum Gasteiger partial charge on any atom is 0.338 e. The highest BCUT2D eigenvalue weighted by molar-refractivity contribution is 5.92. The Labute approximate surface area is 202 Å². The van der Waals surface area contributed by atoms with Gasteiger partial charge in [0.2, 0.25) is 0 Å². The van der Waals surface area contributed by atoms with Crippen molar-refractivity contribution in [2.45, 2.75) is 84.1 Å². The summed E-state index contributed by atoms with van der Waals surface area (Å²) in [5.41, 5.74) is 1.84. The highest BCUT2D eigenvalue weighted by Gasteiger charge is 2.41. The topological polar surface area (TPSA) is 96.4 Å². The molecular weight excluding hydrogens is 428 g/mol. The third kappa shape index (κ3) is 6.06. The number of benzene rings is 1. The predicted molar refractivity (Wildman–Crippen MR) is 133 cm³/mol. The summed E-state index contributed by atoms with van der Waals surface area (Å²) in [7, 11) is 0. The molecule has 3 N–H and O–H groups in total. The van der Waals surface area contributed by atoms with E-state index in [0.29, 0.717) is 16.8 Å². The predicted octanol–water partition coefficient (Wildman–Crippen LogP) is 5.55. The molecule has 3 atom stereocenters. The normalized spacial score (nSPS) is 27.5. The second-order valence-corrected chi connectivity index (χ2v) is 11.6. The number of hydrogen-bond acceptors (Lipinski definition) is 7. The van der Waals surface area contributed by atoms with Crippen LogP contribution in [0.2, 0.25) is 0 Å². The Balaban J connectivity index is 1.61. The van der Waals surface area contributed by atoms with Gasteiger partial charge in [-0.15, -0.1) is 0 Å². The van der Waals surface area contributed by atoms with Crippen molar-refractivity contribution in [3.05, 3.63) is 48.0 Å². The molecule has 7 heteroatoms. The first-order valence-electron chi connectivity index (χ1n) is 12.3. The first-order chi connectivity index (χ1) is 16.0. The number of anilines is 2. The van der Waals surface area contributed by atoms with Crippen LogP contribution in [0.1, 0.15) is 88.9 Å². The molecule has 0 spiro atoms. The molecule has 0 amide bonds. The summed E-state index contributed by atoms with van der Waals surface area (Å²) in [6.07, 6.45) is 9.71. The van der Waals surface area contributed by atoms with Gasteiger partial charge >= 0.3 is 5.97 Å². The molecule has 184 valence electrons. The van der Waals surface area contributed by atoms with E-state index in [1.54, 1.807) is 24.5 Å². The van der Waals surface area contributed by atoms with Gasteiger partial charge < -0.3 is 20.5 Å². The van der Waals surface area contributed by atoms with Crippen LogP contribution in [0.25, 0.3) is 0 Å². The molecule has 0 saturated heterocycles. The number of aromatic nitrogens is 2. The minimum Gasteiger partial charge on any atom is -0.456 e. The van der Waals surface area contributed by atoms with Crippen molar-refractivity contribution < 1.29 is 14.6 Å². The van der Waals surface area contributed by atoms with Crippen LogP contribution in [0.15, 0.2) is 36.9 Å². The van der Waals surface area contributed by atoms with Crippen molar-refractivity contribution in [3.8, 4) is 0 Å². The molecule has 4 rings (SSSR count). The second-order valence-electron chi connectivity index (χ2n) is 11.6. The zero-order valence-corrected chi connectivity index (χ0v) is 21.0. The van der Waals surface area contributed by atoms with Crippen LogP contribution < -0.4 is 10.6 Å². The van der Waals surface area contributed by atoms with E-state index in [0.717, 1.165) is 36.3 Å². The average Bonchev–Trinajstić information content (AvgIpc) is 2.73. The summed E-state index contributed by atoms with van der Waals surface area (Å²) in [5, 5.41) is 17.7. The maximum absolute atomic E-state index is 12.7. The average molecular weight is 467 g/mol. The SMILES string of the molecule is CC1CC2CC(C1)CC(C)(Nc1ccc(C(=O)OC(C)(C)C)cc1NC(O)c1cncnc1)C2. The molecule has 0 radical (unpaired) electrons. The number of nitrogens with zero attached hydrogens (tertiary/aromatic N) is 2. The largest absolute Gasteiger partial charge is 0.456 e. The third-order valence-electron chi connectivity index (χ3n) is 6.90. The van der Waals surface area contributed by atoms with Crippen molar-refractivity contribution >= 4 is 17.3 Å². The van der Waals surface area contributed by atoms with Gasteiger partial charge in [-0.3, -0.25) is 0 Å². The summed E-state index contributed by atoms with van der Waals surface area (Å²) >= 11 is 0. The molecule has 2 fully saturated rings. The van der Waals surface area contributed by atoms with E-state index < -0.39 is 17.8 Å². The first kappa shape index (κ1) is 24.5. The van der Waals surface area contributed by atoms with Crippen LogP contribution in [0.4, 0.5) is 11.4 Å². The summed E-state index contributed by atoms with van der Waals surface area (Å²) in [4.78, 5) is 20.7. The van der Waals surface area contributed by atoms with Gasteiger partial charge in [0.15, 0.2) is 6.23 Å². The monoisotopic (exact) mass is 466 g/mol. The highest BCUT2D eigenvalue weighted by Crippen LogP contribution is 2.48. The van der Waals surface area contributed by atoms with Crippen LogP contribution >= 0.6 is 0 Å². The highest BCUT2D eigenvalue weighted by atomic mass is 16.6. The number of carbonyl (C=O) groups is 1. The maximum atomic E-state index is 12.7. The van der Waals surface area contributed by atoms with Crippen molar-refractivity contribution in [1.29, 1.82) is 0 Å². The summed E-state index contributed by atoms with van der Waals surface area (Å²) in [6, 6.07) is 5.45. The zero-order valence-electron chi connectivity index (χ0n) is 21.0. The Morgan fingerprint density at radius 2 is 1.76 bits per heavy atom. The molecule has 1 aromatic carbocycles. The van der Waals surface area contributed by atoms with Gasteiger partial charge in [-0.05, 0) is 95.8 Å². The number of carbonyl (C=O) groups excluding carboxylic acids is 1. The van der Waals surface area contributed by atoms with Crippen molar-refractivity contribution in [2.75, 3.05) is 10.6 Å². The quantitative estimate of drug-likeness (QED) is 0.379. The lowest BCUT2D eigenvalue weighted by Crippen LogP contribution is -2.45. The molecule has 3 unspecified atom stereocenters. The Bertz CT molecular complexity index is 987. The molecule has 7 nitrogen and oxygen atoms in total. The Morgan fingerprint density at radius 3 is 2.38 bits per heavy atom. The number of aliphatic hydroxyl groups is 1. The van der Waals surface area contributed by atoms with Crippen LogP contribution in [0.3, 0.4) is 0 Å². The van der Waals surface area contributed by atoms with Crippen molar-refractivity contribution in [2.24, 2.45) is 17.8 Å². The van der Waals surface area contributed by atoms with E-state index in [4.69, 9.17) is 4.74 Å². The van der Waals surface area contributed by atoms with E-state index in [2.05, 4.69) is 34.4 Å². The summed E-state index contributed by atoms with van der Waals surface area (Å²) < 4.78 is 5.57. The van der Waals surface area contributed by atoms with Crippen LogP contribution in [-0.4, -0.2) is 32.2 Å². The number of fused-ring (bicyclic) bond motifs is 2. The van der Waals surface area contributed by atoms with Gasteiger partial charge in [0.05, 0.1) is 16.9 Å². The third-order valence-corrected chi connectivity index (χ3v) is 6.90. The minimum atomic E-state index is -1.02. The Morgan fingerprint density at radius 1 is 1.12 bits per heavy atom. The van der Waals surface area contributed by atoms with Crippen LogP contribution in [0.5, 0.6) is 0 Å². The van der Waals surface area contributed by atoms with E-state index in [-0.39, 0.29) is 5.54 Å². The van der Waals surface area contributed by atoms with Gasteiger partial charge in [-0.2, -0.15) is 0 Å². The van der Waals surface area contributed by atoms with Gasteiger partial charge in [0.1, 0.15) is 11.9 Å². The fourth-order valence-electron chi connectivity index (χ4n) is 5.94. The number of ether oxygens (including phenoxy) is 1. The lowest BCUT2D eigenvalue weighted by molar-refractivity contribution is 0.00695. The van der Waals surface area contributed by atoms with E-state index in [1.165, 1.54) is 25.6 Å². The van der Waals surface area contributed by atoms with E-state index in [1.807, 2.05) is 26.8 Å². The van der Waals surface area contributed by atoms with E-state index >= 15 is 0 Å². The summed E-state index contributed by atoms with van der Waals surface area (Å²) in [5.74, 6) is 1.89. The summed E-state index contributed by atoms with van der Waals surface area (Å²) in [6.45, 7) is 10.2. The number of aliphatic hydroxyl groups excluding tert-OH is 1. The standard InChI is InChI=1S/C27H38N4O3/c1-17-8-18-10-19(9-17)13-27(5,12-18)31-22-7-6-20(25(33)34-26(2,3)4)11-23(22)30-24(32)21-14-28-16-29-15-21/h6-7,11,14-19,24,30-32H,8-10,12-13H2,1-5H3. The molecule has 1 heterocycles. The molecule has 2 saturated carbocycles. The molecule has 34 heavy (non-hydrogen) atoms. The van der Waals surface area contributed by atoms with Gasteiger partial charge in [0.25, 0.3) is 0 Å². The number of nitrogens with one attached hydrogen (secondary N) is 2. The molecule has 2 aliphatic rings. The van der Waals surface area contributed by atoms with Crippen molar-refractivity contribution in [3.63, 3.8) is 0 Å². The lowest BCUT2D eigenvalue weighted by Gasteiger charge is -2.48. The number of rotatable bonds is 6. The van der Waals surface area contributed by atoms with Gasteiger partial charge in [-0.25, -0.2) is 14.8 Å². The number of hydrogen-bond donors (Lipinski definition) is 3. The van der Waals surface area contributed by atoms with Crippen molar-refractivity contribution in [1.82, 2.24) is 9.97 Å².